The predicted molar refractivity (Wildman–Crippen MR) is 99.2 cm³/mol. The first-order valence-corrected chi connectivity index (χ1v) is 7.82. The monoisotopic (exact) mass is 334 g/mol. The van der Waals surface area contributed by atoms with Gasteiger partial charge in [0.2, 0.25) is 5.91 Å². The molecule has 126 valence electrons. The van der Waals surface area contributed by atoms with E-state index in [0.717, 1.165) is 10.8 Å². The summed E-state index contributed by atoms with van der Waals surface area (Å²) in [5, 5.41) is 7.51. The molecule has 0 aliphatic rings. The Morgan fingerprint density at radius 3 is 1.96 bits per heavy atom. The van der Waals surface area contributed by atoms with Crippen molar-refractivity contribution < 1.29 is 14.3 Å². The highest BCUT2D eigenvalue weighted by Crippen LogP contribution is 2.27. The standard InChI is InChI=1S/C20H18N2O3/c1-13(23)21-16-7-9-17(10-8-16)22-20(24)18-11-14-5-3-4-6-15(14)12-19(18)25-2/h3-12H,1-2H3,(H,21,23)(H,22,24). The Balaban J connectivity index is 1.85. The molecule has 0 bridgehead atoms. The van der Waals surface area contributed by atoms with Gasteiger partial charge in [-0.25, -0.2) is 0 Å². The van der Waals surface area contributed by atoms with Crippen LogP contribution in [0.4, 0.5) is 11.4 Å². The van der Waals surface area contributed by atoms with Gasteiger partial charge >= 0.3 is 0 Å². The van der Waals surface area contributed by atoms with E-state index in [9.17, 15) is 9.59 Å². The number of carbonyl (C=O) groups excluding carboxylic acids is 2. The third-order valence-corrected chi connectivity index (χ3v) is 3.78. The summed E-state index contributed by atoms with van der Waals surface area (Å²) in [6.07, 6.45) is 0. The van der Waals surface area contributed by atoms with Gasteiger partial charge in [-0.2, -0.15) is 0 Å². The molecule has 0 aliphatic carbocycles. The minimum absolute atomic E-state index is 0.141. The molecule has 25 heavy (non-hydrogen) atoms. The second-order valence-corrected chi connectivity index (χ2v) is 5.61. The Morgan fingerprint density at radius 1 is 0.840 bits per heavy atom. The number of ether oxygens (including phenoxy) is 1. The quantitative estimate of drug-likeness (QED) is 0.756. The zero-order valence-corrected chi connectivity index (χ0v) is 14.0. The molecule has 0 saturated heterocycles. The summed E-state index contributed by atoms with van der Waals surface area (Å²) < 4.78 is 5.37. The molecule has 0 radical (unpaired) electrons. The van der Waals surface area contributed by atoms with E-state index in [4.69, 9.17) is 4.74 Å². The van der Waals surface area contributed by atoms with Gasteiger partial charge in [0.15, 0.2) is 0 Å². The molecule has 3 rings (SSSR count). The van der Waals surface area contributed by atoms with E-state index < -0.39 is 0 Å². The first-order valence-electron chi connectivity index (χ1n) is 7.82. The minimum Gasteiger partial charge on any atom is -0.496 e. The highest BCUT2D eigenvalue weighted by atomic mass is 16.5. The summed E-state index contributed by atoms with van der Waals surface area (Å²) in [5.74, 6) is 0.124. The molecule has 2 N–H and O–H groups in total. The maximum atomic E-state index is 12.6. The van der Waals surface area contributed by atoms with Crippen LogP contribution in [0.1, 0.15) is 17.3 Å². The van der Waals surface area contributed by atoms with Crippen molar-refractivity contribution in [3.63, 3.8) is 0 Å². The summed E-state index contributed by atoms with van der Waals surface area (Å²) >= 11 is 0. The van der Waals surface area contributed by atoms with Crippen LogP contribution in [0.3, 0.4) is 0 Å². The zero-order chi connectivity index (χ0) is 17.8. The smallest absolute Gasteiger partial charge is 0.259 e. The van der Waals surface area contributed by atoms with E-state index in [1.807, 2.05) is 36.4 Å². The lowest BCUT2D eigenvalue weighted by Gasteiger charge is -2.11. The van der Waals surface area contributed by atoms with E-state index in [1.54, 1.807) is 31.4 Å². The van der Waals surface area contributed by atoms with Gasteiger partial charge in [-0.05, 0) is 47.2 Å². The number of hydrogen-bond acceptors (Lipinski definition) is 3. The minimum atomic E-state index is -0.255. The molecule has 0 aliphatic heterocycles. The topological polar surface area (TPSA) is 67.4 Å². The lowest BCUT2D eigenvalue weighted by molar-refractivity contribution is -0.114. The van der Waals surface area contributed by atoms with Gasteiger partial charge in [-0.15, -0.1) is 0 Å². The summed E-state index contributed by atoms with van der Waals surface area (Å²) in [4.78, 5) is 23.7. The van der Waals surface area contributed by atoms with Crippen LogP contribution in [0.5, 0.6) is 5.75 Å². The van der Waals surface area contributed by atoms with Gasteiger partial charge < -0.3 is 15.4 Å². The molecule has 0 saturated carbocycles. The number of hydrogen-bond donors (Lipinski definition) is 2. The number of methoxy groups -OCH3 is 1. The molecule has 5 heteroatoms. The fourth-order valence-electron chi connectivity index (χ4n) is 2.60. The molecule has 0 atom stereocenters. The van der Waals surface area contributed by atoms with Crippen molar-refractivity contribution in [3.8, 4) is 5.75 Å². The average Bonchev–Trinajstić information content (AvgIpc) is 2.61. The van der Waals surface area contributed by atoms with Gasteiger partial charge in [0, 0.05) is 18.3 Å². The Labute approximate surface area is 145 Å². The van der Waals surface area contributed by atoms with E-state index in [-0.39, 0.29) is 11.8 Å². The van der Waals surface area contributed by atoms with E-state index in [0.29, 0.717) is 22.7 Å². The SMILES string of the molecule is COc1cc2ccccc2cc1C(=O)Nc1ccc(NC(C)=O)cc1. The lowest BCUT2D eigenvalue weighted by Crippen LogP contribution is -2.13. The van der Waals surface area contributed by atoms with Crippen molar-refractivity contribution >= 4 is 34.0 Å². The molecule has 0 aromatic heterocycles. The third kappa shape index (κ3) is 3.77. The second kappa shape index (κ2) is 7.05. The summed E-state index contributed by atoms with van der Waals surface area (Å²) in [5.41, 5.74) is 1.77. The van der Waals surface area contributed by atoms with Crippen LogP contribution in [0.15, 0.2) is 60.7 Å². The molecule has 0 spiro atoms. The summed E-state index contributed by atoms with van der Waals surface area (Å²) in [6.45, 7) is 1.45. The van der Waals surface area contributed by atoms with Gasteiger partial charge in [0.1, 0.15) is 5.75 Å². The number of benzene rings is 3. The first kappa shape index (κ1) is 16.5. The Bertz CT molecular complexity index is 933. The number of rotatable bonds is 4. The highest BCUT2D eigenvalue weighted by molar-refractivity contribution is 6.08. The molecule has 0 unspecified atom stereocenters. The largest absolute Gasteiger partial charge is 0.496 e. The van der Waals surface area contributed by atoms with Crippen LogP contribution >= 0.6 is 0 Å². The van der Waals surface area contributed by atoms with Crippen molar-refractivity contribution in [3.05, 3.63) is 66.2 Å². The van der Waals surface area contributed by atoms with E-state index >= 15 is 0 Å². The number of anilines is 2. The molecule has 3 aromatic carbocycles. The summed E-state index contributed by atoms with van der Waals surface area (Å²) in [6, 6.07) is 18.4. The molecule has 3 aromatic rings. The molecule has 0 fully saturated rings. The third-order valence-electron chi connectivity index (χ3n) is 3.78. The average molecular weight is 334 g/mol. The maximum absolute atomic E-state index is 12.6. The molecule has 0 heterocycles. The lowest BCUT2D eigenvalue weighted by atomic mass is 10.1. The predicted octanol–water partition coefficient (Wildman–Crippen LogP) is 4.06. The van der Waals surface area contributed by atoms with Crippen LogP contribution in [0, 0.1) is 0 Å². The van der Waals surface area contributed by atoms with Crippen LogP contribution in [-0.4, -0.2) is 18.9 Å². The van der Waals surface area contributed by atoms with Crippen molar-refractivity contribution in [2.75, 3.05) is 17.7 Å². The van der Waals surface area contributed by atoms with Crippen LogP contribution in [0.25, 0.3) is 10.8 Å². The second-order valence-electron chi connectivity index (χ2n) is 5.61. The number of carbonyl (C=O) groups is 2. The number of fused-ring (bicyclic) bond motifs is 1. The Morgan fingerprint density at radius 2 is 1.40 bits per heavy atom. The van der Waals surface area contributed by atoms with Crippen LogP contribution < -0.4 is 15.4 Å². The van der Waals surface area contributed by atoms with Crippen molar-refractivity contribution in [2.45, 2.75) is 6.92 Å². The summed E-state index contributed by atoms with van der Waals surface area (Å²) in [7, 11) is 1.54. The zero-order valence-electron chi connectivity index (χ0n) is 14.0. The number of amides is 2. The highest BCUT2D eigenvalue weighted by Gasteiger charge is 2.14. The van der Waals surface area contributed by atoms with Gasteiger partial charge in [0.25, 0.3) is 5.91 Å². The van der Waals surface area contributed by atoms with Crippen molar-refractivity contribution in [1.29, 1.82) is 0 Å². The molecular formula is C20H18N2O3. The van der Waals surface area contributed by atoms with Crippen LogP contribution in [0.2, 0.25) is 0 Å². The van der Waals surface area contributed by atoms with Crippen LogP contribution in [-0.2, 0) is 4.79 Å². The first-order chi connectivity index (χ1) is 12.1. The normalized spacial score (nSPS) is 10.3. The number of nitrogens with one attached hydrogen (secondary N) is 2. The van der Waals surface area contributed by atoms with Crippen molar-refractivity contribution in [1.82, 2.24) is 0 Å². The van der Waals surface area contributed by atoms with Gasteiger partial charge in [-0.3, -0.25) is 9.59 Å². The molecule has 2 amide bonds. The maximum Gasteiger partial charge on any atom is 0.259 e. The van der Waals surface area contributed by atoms with Crippen molar-refractivity contribution in [2.24, 2.45) is 0 Å². The fraction of sp³-hybridized carbons (Fsp3) is 0.100. The Kier molecular flexibility index (Phi) is 4.66. The molecule has 5 nitrogen and oxygen atoms in total. The van der Waals surface area contributed by atoms with E-state index in [2.05, 4.69) is 10.6 Å². The van der Waals surface area contributed by atoms with E-state index in [1.165, 1.54) is 6.92 Å². The Hall–Kier alpha value is -3.34. The van der Waals surface area contributed by atoms with Gasteiger partial charge in [-0.1, -0.05) is 24.3 Å². The molecular weight excluding hydrogens is 316 g/mol. The fourth-order valence-corrected chi connectivity index (χ4v) is 2.60. The van der Waals surface area contributed by atoms with Gasteiger partial charge in [0.05, 0.1) is 12.7 Å².